The Kier molecular flexibility index (Phi) is 3.54. The van der Waals surface area contributed by atoms with E-state index in [1.165, 1.54) is 0 Å². The third-order valence-corrected chi connectivity index (χ3v) is 1.80. The van der Waals surface area contributed by atoms with Gasteiger partial charge in [0.1, 0.15) is 11.4 Å². The second kappa shape index (κ2) is 4.56. The van der Waals surface area contributed by atoms with E-state index >= 15 is 0 Å². The third kappa shape index (κ3) is 3.30. The third-order valence-electron chi connectivity index (χ3n) is 1.80. The van der Waals surface area contributed by atoms with Gasteiger partial charge in [-0.25, -0.2) is 14.2 Å². The molecule has 0 aliphatic carbocycles. The summed E-state index contributed by atoms with van der Waals surface area (Å²) in [4.78, 5) is 13.8. The number of hydrogen-bond acceptors (Lipinski definition) is 3. The van der Waals surface area contributed by atoms with Crippen LogP contribution in [0.4, 0.5) is 17.6 Å². The summed E-state index contributed by atoms with van der Waals surface area (Å²) in [5, 5.41) is 8.64. The molecule has 1 unspecified atom stereocenters. The van der Waals surface area contributed by atoms with Crippen LogP contribution in [0, 0.1) is 5.82 Å². The average molecular weight is 253 g/mol. The van der Waals surface area contributed by atoms with Crippen molar-refractivity contribution in [1.29, 1.82) is 0 Å². The lowest BCUT2D eigenvalue weighted by molar-refractivity contribution is -0.190. The fourth-order valence-corrected chi connectivity index (χ4v) is 0.908. The Hall–Kier alpha value is -1.86. The second-order valence-corrected chi connectivity index (χ2v) is 3.11. The van der Waals surface area contributed by atoms with Crippen LogP contribution in [-0.4, -0.2) is 28.3 Å². The number of nitrogens with zero attached hydrogens (tertiary/aromatic N) is 1. The number of aromatic carboxylic acids is 1. The zero-order chi connectivity index (χ0) is 13.2. The SMILES string of the molecule is CC(Oc1ncc(F)cc1C(=O)O)C(F)(F)F. The van der Waals surface area contributed by atoms with E-state index in [0.717, 1.165) is 0 Å². The van der Waals surface area contributed by atoms with Crippen LogP contribution in [0.15, 0.2) is 12.3 Å². The first-order valence-corrected chi connectivity index (χ1v) is 4.34. The first-order chi connectivity index (χ1) is 7.71. The molecule has 0 fully saturated rings. The van der Waals surface area contributed by atoms with Crippen LogP contribution in [0.2, 0.25) is 0 Å². The number of carbonyl (C=O) groups is 1. The minimum Gasteiger partial charge on any atom is -0.477 e. The lowest BCUT2D eigenvalue weighted by Gasteiger charge is -2.17. The van der Waals surface area contributed by atoms with Crippen molar-refractivity contribution < 1.29 is 32.2 Å². The maximum atomic E-state index is 12.7. The predicted molar refractivity (Wildman–Crippen MR) is 47.3 cm³/mol. The minimum atomic E-state index is -4.66. The number of halogens is 4. The quantitative estimate of drug-likeness (QED) is 0.839. The van der Waals surface area contributed by atoms with Crippen molar-refractivity contribution in [3.63, 3.8) is 0 Å². The van der Waals surface area contributed by atoms with Gasteiger partial charge in [-0.2, -0.15) is 13.2 Å². The van der Waals surface area contributed by atoms with E-state index in [-0.39, 0.29) is 0 Å². The van der Waals surface area contributed by atoms with Gasteiger partial charge in [-0.15, -0.1) is 0 Å². The Morgan fingerprint density at radius 3 is 2.59 bits per heavy atom. The summed E-state index contributed by atoms with van der Waals surface area (Å²) < 4.78 is 53.5. The molecule has 0 aromatic carbocycles. The Bertz CT molecular complexity index is 433. The second-order valence-electron chi connectivity index (χ2n) is 3.11. The van der Waals surface area contributed by atoms with Gasteiger partial charge in [-0.1, -0.05) is 0 Å². The molecule has 0 amide bonds. The van der Waals surface area contributed by atoms with Crippen LogP contribution < -0.4 is 4.74 Å². The molecule has 0 aliphatic rings. The number of alkyl halides is 3. The van der Waals surface area contributed by atoms with Gasteiger partial charge in [0.25, 0.3) is 0 Å². The number of carboxylic acid groups (broad SMARTS) is 1. The number of ether oxygens (including phenoxy) is 1. The summed E-state index contributed by atoms with van der Waals surface area (Å²) in [5.74, 6) is -3.38. The molecule has 4 nitrogen and oxygen atoms in total. The van der Waals surface area contributed by atoms with Gasteiger partial charge in [-0.05, 0) is 13.0 Å². The van der Waals surface area contributed by atoms with Gasteiger partial charge in [0.2, 0.25) is 5.88 Å². The van der Waals surface area contributed by atoms with E-state index in [0.29, 0.717) is 19.2 Å². The standard InChI is InChI=1S/C9H7F4NO3/c1-4(9(11,12)13)17-7-6(8(15)16)2-5(10)3-14-7/h2-4H,1H3,(H,15,16). The van der Waals surface area contributed by atoms with E-state index in [4.69, 9.17) is 5.11 Å². The highest BCUT2D eigenvalue weighted by molar-refractivity contribution is 5.90. The first kappa shape index (κ1) is 13.2. The van der Waals surface area contributed by atoms with Crippen LogP contribution in [0.3, 0.4) is 0 Å². The molecule has 1 atom stereocenters. The topological polar surface area (TPSA) is 59.4 Å². The summed E-state index contributed by atoms with van der Waals surface area (Å²) in [6.45, 7) is 0.691. The molecule has 0 radical (unpaired) electrons. The van der Waals surface area contributed by atoms with Gasteiger partial charge in [0.05, 0.1) is 6.20 Å². The van der Waals surface area contributed by atoms with Crippen molar-refractivity contribution in [2.45, 2.75) is 19.2 Å². The van der Waals surface area contributed by atoms with Gasteiger partial charge >= 0.3 is 12.1 Å². The molecule has 1 rings (SSSR count). The molecule has 1 heterocycles. The number of rotatable bonds is 3. The van der Waals surface area contributed by atoms with Crippen LogP contribution in [-0.2, 0) is 0 Å². The maximum absolute atomic E-state index is 12.7. The fourth-order valence-electron chi connectivity index (χ4n) is 0.908. The van der Waals surface area contributed by atoms with E-state index < -0.39 is 35.5 Å². The predicted octanol–water partition coefficient (Wildman–Crippen LogP) is 2.25. The van der Waals surface area contributed by atoms with Gasteiger partial charge in [0.15, 0.2) is 6.10 Å². The van der Waals surface area contributed by atoms with Crippen molar-refractivity contribution >= 4 is 5.97 Å². The fraction of sp³-hybridized carbons (Fsp3) is 0.333. The smallest absolute Gasteiger partial charge is 0.425 e. The van der Waals surface area contributed by atoms with E-state index in [9.17, 15) is 22.4 Å². The van der Waals surface area contributed by atoms with Crippen molar-refractivity contribution in [2.24, 2.45) is 0 Å². The highest BCUT2D eigenvalue weighted by Crippen LogP contribution is 2.26. The van der Waals surface area contributed by atoms with Crippen LogP contribution in [0.1, 0.15) is 17.3 Å². The van der Waals surface area contributed by atoms with E-state index in [1.807, 2.05) is 0 Å². The summed E-state index contributed by atoms with van der Waals surface area (Å²) >= 11 is 0. The highest BCUT2D eigenvalue weighted by atomic mass is 19.4. The first-order valence-electron chi connectivity index (χ1n) is 4.34. The lowest BCUT2D eigenvalue weighted by Crippen LogP contribution is -2.32. The Balaban J connectivity index is 3.03. The molecule has 0 bridgehead atoms. The molecule has 8 heteroatoms. The molecule has 1 aromatic rings. The van der Waals surface area contributed by atoms with Crippen LogP contribution in [0.25, 0.3) is 0 Å². The number of aromatic nitrogens is 1. The van der Waals surface area contributed by atoms with Crippen LogP contribution >= 0.6 is 0 Å². The van der Waals surface area contributed by atoms with Crippen molar-refractivity contribution in [3.05, 3.63) is 23.6 Å². The summed E-state index contributed by atoms with van der Waals surface area (Å²) in [7, 11) is 0. The molecular weight excluding hydrogens is 246 g/mol. The largest absolute Gasteiger partial charge is 0.477 e. The number of pyridine rings is 1. The summed E-state index contributed by atoms with van der Waals surface area (Å²) in [5.41, 5.74) is -0.763. The summed E-state index contributed by atoms with van der Waals surface area (Å²) in [6.07, 6.45) is -6.32. The highest BCUT2D eigenvalue weighted by Gasteiger charge is 2.39. The Morgan fingerprint density at radius 2 is 2.12 bits per heavy atom. The molecule has 0 spiro atoms. The van der Waals surface area contributed by atoms with Crippen molar-refractivity contribution in [2.75, 3.05) is 0 Å². The molecule has 17 heavy (non-hydrogen) atoms. The Labute approximate surface area is 92.8 Å². The number of hydrogen-bond donors (Lipinski definition) is 1. The van der Waals surface area contributed by atoms with Crippen LogP contribution in [0.5, 0.6) is 5.88 Å². The molecule has 94 valence electrons. The molecule has 1 N–H and O–H groups in total. The van der Waals surface area contributed by atoms with Gasteiger partial charge in [0, 0.05) is 0 Å². The zero-order valence-corrected chi connectivity index (χ0v) is 8.45. The zero-order valence-electron chi connectivity index (χ0n) is 8.45. The van der Waals surface area contributed by atoms with E-state index in [1.54, 1.807) is 0 Å². The number of carboxylic acids is 1. The summed E-state index contributed by atoms with van der Waals surface area (Å²) in [6, 6.07) is 0.535. The Morgan fingerprint density at radius 1 is 1.53 bits per heavy atom. The van der Waals surface area contributed by atoms with Crippen molar-refractivity contribution in [1.82, 2.24) is 4.98 Å². The average Bonchev–Trinajstić information content (AvgIpc) is 2.18. The minimum absolute atomic E-state index is 0.535. The van der Waals surface area contributed by atoms with E-state index in [2.05, 4.69) is 9.72 Å². The van der Waals surface area contributed by atoms with Gasteiger partial charge in [-0.3, -0.25) is 0 Å². The lowest BCUT2D eigenvalue weighted by atomic mass is 10.2. The molecule has 0 aliphatic heterocycles. The molecule has 1 aromatic heterocycles. The van der Waals surface area contributed by atoms with Crippen molar-refractivity contribution in [3.8, 4) is 5.88 Å². The van der Waals surface area contributed by atoms with Gasteiger partial charge < -0.3 is 9.84 Å². The molecule has 0 saturated carbocycles. The molecule has 0 saturated heterocycles. The normalized spacial score (nSPS) is 13.2. The maximum Gasteiger partial charge on any atom is 0.425 e. The monoisotopic (exact) mass is 253 g/mol. The molecular formula is C9H7F4NO3.